The Kier molecular flexibility index (Phi) is 9.42. The van der Waals surface area contributed by atoms with Crippen LogP contribution in [0.15, 0.2) is 0 Å². The SMILES string of the molecule is CC(=O)NC(CS(=O)CCOCCC(C)C)C(=O)O. The fourth-order valence-electron chi connectivity index (χ4n) is 1.26. The van der Waals surface area contributed by atoms with Gasteiger partial charge >= 0.3 is 5.97 Å². The van der Waals surface area contributed by atoms with E-state index < -0.39 is 28.7 Å². The standard InChI is InChI=1S/C12H23NO5S/c1-9(2)4-5-18-6-7-19(17)8-11(12(15)16)13-10(3)14/h9,11H,4-8H2,1-3H3,(H,13,14)(H,15,16). The summed E-state index contributed by atoms with van der Waals surface area (Å²) in [5, 5.41) is 11.1. The summed E-state index contributed by atoms with van der Waals surface area (Å²) in [7, 11) is -1.32. The molecule has 0 aromatic rings. The summed E-state index contributed by atoms with van der Waals surface area (Å²) in [6, 6.07) is -1.10. The van der Waals surface area contributed by atoms with E-state index in [0.29, 0.717) is 19.1 Å². The van der Waals surface area contributed by atoms with E-state index in [9.17, 15) is 13.8 Å². The number of aliphatic carboxylic acids is 1. The van der Waals surface area contributed by atoms with Crippen molar-refractivity contribution >= 4 is 22.7 Å². The average Bonchev–Trinajstić information content (AvgIpc) is 2.26. The van der Waals surface area contributed by atoms with Crippen molar-refractivity contribution in [2.45, 2.75) is 33.2 Å². The lowest BCUT2D eigenvalue weighted by Crippen LogP contribution is -2.43. The fraction of sp³-hybridized carbons (Fsp3) is 0.833. The molecule has 19 heavy (non-hydrogen) atoms. The Morgan fingerprint density at radius 3 is 2.42 bits per heavy atom. The van der Waals surface area contributed by atoms with E-state index in [4.69, 9.17) is 9.84 Å². The summed E-state index contributed by atoms with van der Waals surface area (Å²) >= 11 is 0. The Morgan fingerprint density at radius 1 is 1.32 bits per heavy atom. The summed E-state index contributed by atoms with van der Waals surface area (Å²) in [6.45, 7) is 6.36. The van der Waals surface area contributed by atoms with E-state index in [0.717, 1.165) is 6.42 Å². The maximum Gasteiger partial charge on any atom is 0.327 e. The number of nitrogens with one attached hydrogen (secondary N) is 1. The normalized spacial score (nSPS) is 14.1. The Balaban J connectivity index is 3.87. The van der Waals surface area contributed by atoms with Crippen LogP contribution in [0.5, 0.6) is 0 Å². The number of carbonyl (C=O) groups excluding carboxylic acids is 1. The van der Waals surface area contributed by atoms with E-state index in [1.54, 1.807) is 0 Å². The van der Waals surface area contributed by atoms with Gasteiger partial charge in [-0.2, -0.15) is 0 Å². The first-order valence-electron chi connectivity index (χ1n) is 6.25. The number of carboxylic acids is 1. The van der Waals surface area contributed by atoms with Gasteiger partial charge < -0.3 is 15.2 Å². The highest BCUT2D eigenvalue weighted by molar-refractivity contribution is 7.85. The molecule has 2 atom stereocenters. The van der Waals surface area contributed by atoms with Gasteiger partial charge in [-0.3, -0.25) is 9.00 Å². The maximum absolute atomic E-state index is 11.7. The monoisotopic (exact) mass is 293 g/mol. The minimum Gasteiger partial charge on any atom is -0.480 e. The number of amides is 1. The van der Waals surface area contributed by atoms with Gasteiger partial charge in [0.2, 0.25) is 5.91 Å². The first-order chi connectivity index (χ1) is 8.82. The summed E-state index contributed by atoms with van der Waals surface area (Å²) in [6.07, 6.45) is 0.941. The molecule has 0 aromatic heterocycles. The minimum atomic E-state index is -1.32. The summed E-state index contributed by atoms with van der Waals surface area (Å²) in [5.74, 6) is -0.882. The molecule has 0 spiro atoms. The van der Waals surface area contributed by atoms with Crippen LogP contribution in [0.4, 0.5) is 0 Å². The number of carbonyl (C=O) groups is 2. The third-order valence-electron chi connectivity index (χ3n) is 2.32. The maximum atomic E-state index is 11.7. The second kappa shape index (κ2) is 9.91. The lowest BCUT2D eigenvalue weighted by Gasteiger charge is -2.13. The molecule has 0 saturated carbocycles. The van der Waals surface area contributed by atoms with Crippen LogP contribution in [-0.4, -0.2) is 52.0 Å². The van der Waals surface area contributed by atoms with Gasteiger partial charge in [0.25, 0.3) is 0 Å². The molecule has 1 amide bonds. The average molecular weight is 293 g/mol. The molecule has 2 N–H and O–H groups in total. The van der Waals surface area contributed by atoms with Crippen LogP contribution in [0, 0.1) is 5.92 Å². The molecule has 7 heteroatoms. The van der Waals surface area contributed by atoms with E-state index >= 15 is 0 Å². The zero-order chi connectivity index (χ0) is 14.8. The molecule has 112 valence electrons. The Bertz CT molecular complexity index is 319. The zero-order valence-corrected chi connectivity index (χ0v) is 12.5. The van der Waals surface area contributed by atoms with Gasteiger partial charge in [0, 0.05) is 30.1 Å². The minimum absolute atomic E-state index is 0.0948. The second-order valence-electron chi connectivity index (χ2n) is 4.70. The zero-order valence-electron chi connectivity index (χ0n) is 11.7. The van der Waals surface area contributed by atoms with Crippen LogP contribution in [-0.2, 0) is 25.1 Å². The Labute approximate surface area is 116 Å². The summed E-state index contributed by atoms with van der Waals surface area (Å²) < 4.78 is 17.0. The highest BCUT2D eigenvalue weighted by Crippen LogP contribution is 1.99. The first kappa shape index (κ1) is 18.0. The largest absolute Gasteiger partial charge is 0.480 e. The van der Waals surface area contributed by atoms with Crippen molar-refractivity contribution < 1.29 is 23.6 Å². The molecule has 0 aliphatic rings. The molecule has 0 fully saturated rings. The predicted molar refractivity (Wildman–Crippen MR) is 73.4 cm³/mol. The van der Waals surface area contributed by atoms with Crippen molar-refractivity contribution in [3.05, 3.63) is 0 Å². The quantitative estimate of drug-likeness (QED) is 0.568. The molecule has 0 aromatic carbocycles. The second-order valence-corrected chi connectivity index (χ2v) is 6.32. The Hall–Kier alpha value is -0.950. The molecule has 0 saturated heterocycles. The number of carboxylic acid groups (broad SMARTS) is 1. The number of hydrogen-bond acceptors (Lipinski definition) is 4. The van der Waals surface area contributed by atoms with E-state index in [1.165, 1.54) is 6.92 Å². The summed E-state index contributed by atoms with van der Waals surface area (Å²) in [5.41, 5.74) is 0. The van der Waals surface area contributed by atoms with Gasteiger partial charge in [-0.15, -0.1) is 0 Å². The van der Waals surface area contributed by atoms with Crippen LogP contribution in [0.25, 0.3) is 0 Å². The van der Waals surface area contributed by atoms with E-state index in [-0.39, 0.29) is 11.5 Å². The van der Waals surface area contributed by atoms with Crippen LogP contribution in [0.3, 0.4) is 0 Å². The smallest absolute Gasteiger partial charge is 0.327 e. The van der Waals surface area contributed by atoms with Gasteiger partial charge in [0.15, 0.2) is 0 Å². The Morgan fingerprint density at radius 2 is 1.95 bits per heavy atom. The molecular formula is C12H23NO5S. The molecule has 0 radical (unpaired) electrons. The molecule has 2 unspecified atom stereocenters. The molecule has 0 aliphatic carbocycles. The molecule has 0 rings (SSSR count). The van der Waals surface area contributed by atoms with Crippen LogP contribution in [0.2, 0.25) is 0 Å². The van der Waals surface area contributed by atoms with Gasteiger partial charge in [-0.25, -0.2) is 4.79 Å². The molecular weight excluding hydrogens is 270 g/mol. The lowest BCUT2D eigenvalue weighted by atomic mass is 10.1. The molecule has 0 bridgehead atoms. The summed E-state index contributed by atoms with van der Waals surface area (Å²) in [4.78, 5) is 21.6. The number of ether oxygens (including phenoxy) is 1. The van der Waals surface area contributed by atoms with Gasteiger partial charge in [-0.1, -0.05) is 13.8 Å². The third kappa shape index (κ3) is 10.6. The highest BCUT2D eigenvalue weighted by atomic mass is 32.2. The number of hydrogen-bond donors (Lipinski definition) is 2. The molecule has 0 aliphatic heterocycles. The highest BCUT2D eigenvalue weighted by Gasteiger charge is 2.20. The molecule has 6 nitrogen and oxygen atoms in total. The topological polar surface area (TPSA) is 92.7 Å². The van der Waals surface area contributed by atoms with Crippen molar-refractivity contribution in [3.8, 4) is 0 Å². The van der Waals surface area contributed by atoms with Crippen LogP contribution in [0.1, 0.15) is 27.2 Å². The van der Waals surface area contributed by atoms with Crippen molar-refractivity contribution in [1.82, 2.24) is 5.32 Å². The number of rotatable bonds is 10. The first-order valence-corrected chi connectivity index (χ1v) is 7.74. The fourth-order valence-corrected chi connectivity index (χ4v) is 2.33. The van der Waals surface area contributed by atoms with Gasteiger partial charge in [-0.05, 0) is 12.3 Å². The molecule has 0 heterocycles. The van der Waals surface area contributed by atoms with E-state index in [1.807, 2.05) is 0 Å². The van der Waals surface area contributed by atoms with E-state index in [2.05, 4.69) is 19.2 Å². The third-order valence-corrected chi connectivity index (χ3v) is 3.65. The predicted octanol–water partition coefficient (Wildman–Crippen LogP) is 0.387. The van der Waals surface area contributed by atoms with Crippen molar-refractivity contribution in [2.24, 2.45) is 5.92 Å². The van der Waals surface area contributed by atoms with Crippen LogP contribution >= 0.6 is 0 Å². The van der Waals surface area contributed by atoms with Gasteiger partial charge in [0.05, 0.1) is 12.4 Å². The van der Waals surface area contributed by atoms with Crippen molar-refractivity contribution in [2.75, 3.05) is 24.7 Å². The van der Waals surface area contributed by atoms with Crippen molar-refractivity contribution in [1.29, 1.82) is 0 Å². The van der Waals surface area contributed by atoms with Crippen molar-refractivity contribution in [3.63, 3.8) is 0 Å². The van der Waals surface area contributed by atoms with Crippen LogP contribution < -0.4 is 5.32 Å². The van der Waals surface area contributed by atoms with Gasteiger partial charge in [0.1, 0.15) is 6.04 Å². The lowest BCUT2D eigenvalue weighted by molar-refractivity contribution is -0.140.